The van der Waals surface area contributed by atoms with Crippen LogP contribution in [0.15, 0.2) is 25.3 Å². The Labute approximate surface area is 279 Å². The van der Waals surface area contributed by atoms with Crippen molar-refractivity contribution in [1.82, 2.24) is 5.32 Å². The van der Waals surface area contributed by atoms with Gasteiger partial charge >= 0.3 is 11.9 Å². The summed E-state index contributed by atoms with van der Waals surface area (Å²) in [5, 5.41) is 3.65. The number of unbranched alkanes of at least 4 members (excludes halogenated alkanes) is 6. The standard InChI is InChI=1S/C39H59NO6/c1-3-38(41)45-29-11-7-5-9-27-43-36-23-17-32(18-24-36)13-14-34-16-22-35(40-31-34)21-15-33-19-25-37(26-20-33)44-28-10-6-8-12-30-46-39(42)4-2/h3-4,32-37,40H,1-2,5-12,16-20,22-31H2. The number of esters is 2. The van der Waals surface area contributed by atoms with E-state index in [1.807, 2.05) is 0 Å². The van der Waals surface area contributed by atoms with E-state index in [-0.39, 0.29) is 11.9 Å². The van der Waals surface area contributed by atoms with E-state index in [0.717, 1.165) is 135 Å². The highest BCUT2D eigenvalue weighted by Gasteiger charge is 2.23. The minimum Gasteiger partial charge on any atom is -0.463 e. The molecular formula is C39H59NO6. The molecule has 0 aromatic carbocycles. The number of ether oxygens (including phenoxy) is 4. The van der Waals surface area contributed by atoms with Gasteiger partial charge in [0.15, 0.2) is 0 Å². The summed E-state index contributed by atoms with van der Waals surface area (Å²) in [7, 11) is 0. The molecule has 1 N–H and O–H groups in total. The second-order valence-electron chi connectivity index (χ2n) is 13.1. The van der Waals surface area contributed by atoms with Crippen LogP contribution in [-0.4, -0.2) is 63.2 Å². The molecule has 7 heteroatoms. The number of rotatable bonds is 18. The third-order valence-corrected chi connectivity index (χ3v) is 9.32. The maximum Gasteiger partial charge on any atom is 0.330 e. The van der Waals surface area contributed by atoms with Gasteiger partial charge in [-0.1, -0.05) is 49.7 Å². The number of carbonyl (C=O) groups excluding carboxylic acids is 2. The first-order chi connectivity index (χ1) is 22.6. The molecular weight excluding hydrogens is 578 g/mol. The predicted octanol–water partition coefficient (Wildman–Crippen LogP) is 7.09. The summed E-state index contributed by atoms with van der Waals surface area (Å²) in [5.41, 5.74) is 0. The van der Waals surface area contributed by atoms with Crippen LogP contribution in [0.2, 0.25) is 0 Å². The molecule has 0 spiro atoms. The van der Waals surface area contributed by atoms with E-state index in [9.17, 15) is 9.59 Å². The molecule has 0 aromatic heterocycles. The van der Waals surface area contributed by atoms with Gasteiger partial charge in [0.25, 0.3) is 0 Å². The van der Waals surface area contributed by atoms with Crippen molar-refractivity contribution in [2.24, 2.45) is 17.8 Å². The number of hydrogen-bond donors (Lipinski definition) is 1. The summed E-state index contributed by atoms with van der Waals surface area (Å²) in [6.45, 7) is 10.3. The summed E-state index contributed by atoms with van der Waals surface area (Å²) in [6, 6.07) is 0.301. The Kier molecular flexibility index (Phi) is 19.5. The zero-order valence-electron chi connectivity index (χ0n) is 28.2. The molecule has 1 heterocycles. The van der Waals surface area contributed by atoms with Crippen molar-refractivity contribution in [2.45, 2.75) is 134 Å². The molecule has 3 fully saturated rings. The van der Waals surface area contributed by atoms with E-state index in [2.05, 4.69) is 42.2 Å². The minimum atomic E-state index is -0.340. The molecule has 0 radical (unpaired) electrons. The Morgan fingerprint density at radius 2 is 0.957 bits per heavy atom. The molecule has 2 unspecified atom stereocenters. The van der Waals surface area contributed by atoms with Crippen molar-refractivity contribution in [3.63, 3.8) is 0 Å². The summed E-state index contributed by atoms with van der Waals surface area (Å²) in [5.74, 6) is 15.1. The van der Waals surface area contributed by atoms with Gasteiger partial charge in [-0.3, -0.25) is 0 Å². The first-order valence-corrected chi connectivity index (χ1v) is 18.1. The highest BCUT2D eigenvalue weighted by molar-refractivity contribution is 5.81. The molecule has 3 aliphatic rings. The fourth-order valence-electron chi connectivity index (χ4n) is 6.38. The number of piperidine rings is 1. The monoisotopic (exact) mass is 637 g/mol. The SMILES string of the molecule is C=CC(=O)OCCCCCCOC1CCC(C#CC2CCC(C#CC3CCC(OCCCCCCOC(=O)C=C)CC3)NC2)CC1. The second-order valence-corrected chi connectivity index (χ2v) is 13.1. The van der Waals surface area contributed by atoms with Gasteiger partial charge in [0.1, 0.15) is 0 Å². The van der Waals surface area contributed by atoms with Crippen LogP contribution >= 0.6 is 0 Å². The molecule has 256 valence electrons. The highest BCUT2D eigenvalue weighted by Crippen LogP contribution is 2.27. The number of nitrogens with one attached hydrogen (secondary N) is 1. The van der Waals surface area contributed by atoms with Gasteiger partial charge in [0.2, 0.25) is 0 Å². The first kappa shape index (κ1) is 37.9. The lowest BCUT2D eigenvalue weighted by atomic mass is 9.86. The van der Waals surface area contributed by atoms with Crippen LogP contribution in [0.25, 0.3) is 0 Å². The average Bonchev–Trinajstić information content (AvgIpc) is 3.09. The van der Waals surface area contributed by atoms with Crippen LogP contribution < -0.4 is 5.32 Å². The smallest absolute Gasteiger partial charge is 0.330 e. The number of carbonyl (C=O) groups is 2. The molecule has 1 aliphatic heterocycles. The van der Waals surface area contributed by atoms with E-state index < -0.39 is 0 Å². The quantitative estimate of drug-likeness (QED) is 0.0744. The molecule has 2 aliphatic carbocycles. The third-order valence-electron chi connectivity index (χ3n) is 9.32. The van der Waals surface area contributed by atoms with E-state index in [1.165, 1.54) is 12.2 Å². The van der Waals surface area contributed by atoms with Crippen molar-refractivity contribution < 1.29 is 28.5 Å². The Balaban J connectivity index is 1.16. The van der Waals surface area contributed by atoms with E-state index in [1.54, 1.807) is 0 Å². The zero-order valence-corrected chi connectivity index (χ0v) is 28.2. The Morgan fingerprint density at radius 1 is 0.543 bits per heavy atom. The van der Waals surface area contributed by atoms with E-state index >= 15 is 0 Å². The topological polar surface area (TPSA) is 83.1 Å². The molecule has 2 saturated carbocycles. The molecule has 0 amide bonds. The highest BCUT2D eigenvalue weighted by atomic mass is 16.5. The Hall–Kier alpha value is -2.58. The van der Waals surface area contributed by atoms with Crippen molar-refractivity contribution in [1.29, 1.82) is 0 Å². The fraction of sp³-hybridized carbons (Fsp3) is 0.744. The molecule has 0 aromatic rings. The minimum absolute atomic E-state index is 0.301. The molecule has 7 nitrogen and oxygen atoms in total. The van der Waals surface area contributed by atoms with Gasteiger partial charge in [0, 0.05) is 49.7 Å². The molecule has 0 bridgehead atoms. The molecule has 1 saturated heterocycles. The van der Waals surface area contributed by atoms with Gasteiger partial charge in [-0.25, -0.2) is 9.59 Å². The predicted molar refractivity (Wildman–Crippen MR) is 183 cm³/mol. The fourth-order valence-corrected chi connectivity index (χ4v) is 6.38. The van der Waals surface area contributed by atoms with Crippen molar-refractivity contribution in [3.05, 3.63) is 25.3 Å². The van der Waals surface area contributed by atoms with Gasteiger partial charge in [-0.15, -0.1) is 0 Å². The second kappa shape index (κ2) is 23.7. The lowest BCUT2D eigenvalue weighted by Gasteiger charge is -2.27. The first-order valence-electron chi connectivity index (χ1n) is 18.1. The van der Waals surface area contributed by atoms with Crippen LogP contribution in [0.4, 0.5) is 0 Å². The molecule has 2 atom stereocenters. The third kappa shape index (κ3) is 16.8. The van der Waals surface area contributed by atoms with E-state index in [4.69, 9.17) is 18.9 Å². The van der Waals surface area contributed by atoms with Gasteiger partial charge < -0.3 is 24.3 Å². The van der Waals surface area contributed by atoms with Crippen LogP contribution in [0.5, 0.6) is 0 Å². The van der Waals surface area contributed by atoms with Crippen LogP contribution in [-0.2, 0) is 28.5 Å². The van der Waals surface area contributed by atoms with Crippen molar-refractivity contribution in [2.75, 3.05) is 33.0 Å². The molecule has 3 rings (SSSR count). The lowest BCUT2D eigenvalue weighted by Crippen LogP contribution is -2.37. The van der Waals surface area contributed by atoms with E-state index in [0.29, 0.717) is 49.2 Å². The summed E-state index contributed by atoms with van der Waals surface area (Å²) in [4.78, 5) is 22.1. The lowest BCUT2D eigenvalue weighted by molar-refractivity contribution is -0.138. The summed E-state index contributed by atoms with van der Waals surface area (Å²) >= 11 is 0. The number of hydrogen-bond acceptors (Lipinski definition) is 7. The largest absolute Gasteiger partial charge is 0.463 e. The van der Waals surface area contributed by atoms with Gasteiger partial charge in [-0.2, -0.15) is 0 Å². The average molecular weight is 638 g/mol. The Bertz CT molecular complexity index is 929. The maximum absolute atomic E-state index is 11.0. The maximum atomic E-state index is 11.0. The van der Waals surface area contributed by atoms with Crippen molar-refractivity contribution >= 4 is 11.9 Å². The van der Waals surface area contributed by atoms with Gasteiger partial charge in [0.05, 0.1) is 31.5 Å². The zero-order chi connectivity index (χ0) is 32.7. The van der Waals surface area contributed by atoms with Crippen LogP contribution in [0.3, 0.4) is 0 Å². The summed E-state index contributed by atoms with van der Waals surface area (Å²) < 4.78 is 22.3. The van der Waals surface area contributed by atoms with Crippen LogP contribution in [0.1, 0.15) is 116 Å². The normalized spacial score (nSPS) is 26.0. The summed E-state index contributed by atoms with van der Waals surface area (Å²) in [6.07, 6.45) is 22.6. The van der Waals surface area contributed by atoms with Crippen molar-refractivity contribution in [3.8, 4) is 23.7 Å². The Morgan fingerprint density at radius 3 is 1.39 bits per heavy atom. The van der Waals surface area contributed by atoms with Crippen LogP contribution in [0, 0.1) is 41.4 Å². The van der Waals surface area contributed by atoms with Gasteiger partial charge in [-0.05, 0) is 103 Å². The molecule has 46 heavy (non-hydrogen) atoms.